The number of carbonyl (C=O) groups excluding carboxylic acids is 1. The number of ether oxygens (including phenoxy) is 4. The third-order valence-corrected chi connectivity index (χ3v) is 5.92. The molecule has 0 amide bonds. The van der Waals surface area contributed by atoms with Crippen LogP contribution < -0.4 is 14.2 Å². The topological polar surface area (TPSA) is 71.3 Å². The molecule has 0 unspecified atom stereocenters. The van der Waals surface area contributed by atoms with Gasteiger partial charge in [0.2, 0.25) is 5.75 Å². The predicted molar refractivity (Wildman–Crippen MR) is 115 cm³/mol. The van der Waals surface area contributed by atoms with Gasteiger partial charge in [-0.15, -0.1) is 0 Å². The zero-order chi connectivity index (χ0) is 21.3. The maximum absolute atomic E-state index is 12.7. The molecule has 0 atom stereocenters. The van der Waals surface area contributed by atoms with Crippen LogP contribution in [0.15, 0.2) is 36.4 Å². The Labute approximate surface area is 177 Å². The number of imidazole rings is 1. The zero-order valence-electron chi connectivity index (χ0n) is 17.2. The molecular formula is C22H22N2O5S. The number of carbonyl (C=O) groups is 1. The molecule has 0 aliphatic heterocycles. The Morgan fingerprint density at radius 3 is 2.50 bits per heavy atom. The molecule has 0 bridgehead atoms. The van der Waals surface area contributed by atoms with Gasteiger partial charge in [-0.05, 0) is 25.1 Å². The van der Waals surface area contributed by atoms with Crippen molar-refractivity contribution in [3.63, 3.8) is 0 Å². The summed E-state index contributed by atoms with van der Waals surface area (Å²) in [4.78, 5) is 18.7. The van der Waals surface area contributed by atoms with Crippen molar-refractivity contribution in [2.75, 3.05) is 27.9 Å². The van der Waals surface area contributed by atoms with Crippen molar-refractivity contribution in [1.82, 2.24) is 9.38 Å². The minimum atomic E-state index is -0.355. The van der Waals surface area contributed by atoms with Crippen LogP contribution in [-0.2, 0) is 11.2 Å². The minimum absolute atomic E-state index is 0.304. The van der Waals surface area contributed by atoms with Gasteiger partial charge in [-0.1, -0.05) is 29.5 Å². The lowest BCUT2D eigenvalue weighted by atomic mass is 10.1. The number of esters is 1. The van der Waals surface area contributed by atoms with E-state index in [9.17, 15) is 4.79 Å². The molecule has 2 heterocycles. The van der Waals surface area contributed by atoms with E-state index in [0.717, 1.165) is 27.3 Å². The molecule has 4 rings (SSSR count). The van der Waals surface area contributed by atoms with E-state index in [2.05, 4.69) is 4.98 Å². The number of hydrogen-bond donors (Lipinski definition) is 0. The summed E-state index contributed by atoms with van der Waals surface area (Å²) in [5.41, 5.74) is 3.47. The molecule has 0 spiro atoms. The van der Waals surface area contributed by atoms with E-state index in [1.165, 1.54) is 11.3 Å². The summed E-state index contributed by atoms with van der Waals surface area (Å²) in [5.74, 6) is 1.30. The lowest BCUT2D eigenvalue weighted by Crippen LogP contribution is -2.08. The van der Waals surface area contributed by atoms with Gasteiger partial charge in [-0.2, -0.15) is 0 Å². The second kappa shape index (κ2) is 8.23. The van der Waals surface area contributed by atoms with E-state index in [-0.39, 0.29) is 5.97 Å². The van der Waals surface area contributed by atoms with E-state index >= 15 is 0 Å². The highest BCUT2D eigenvalue weighted by Crippen LogP contribution is 2.41. The minimum Gasteiger partial charge on any atom is -0.493 e. The fourth-order valence-corrected chi connectivity index (χ4v) is 4.63. The normalized spacial score (nSPS) is 11.1. The lowest BCUT2D eigenvalue weighted by molar-refractivity contribution is 0.0530. The molecule has 0 aliphatic carbocycles. The summed E-state index contributed by atoms with van der Waals surface area (Å²) in [5, 5.41) is 0. The van der Waals surface area contributed by atoms with Crippen LogP contribution in [0.25, 0.3) is 16.0 Å². The molecule has 2 aromatic carbocycles. The van der Waals surface area contributed by atoms with Crippen LogP contribution in [-0.4, -0.2) is 43.3 Å². The first-order valence-corrected chi connectivity index (χ1v) is 10.3. The largest absolute Gasteiger partial charge is 0.493 e. The highest BCUT2D eigenvalue weighted by atomic mass is 32.1. The summed E-state index contributed by atoms with van der Waals surface area (Å²) in [6.07, 6.45) is 0.429. The highest BCUT2D eigenvalue weighted by molar-refractivity contribution is 7.19. The van der Waals surface area contributed by atoms with Gasteiger partial charge in [-0.3, -0.25) is 4.40 Å². The van der Waals surface area contributed by atoms with Gasteiger partial charge in [0.05, 0.1) is 44.7 Å². The maximum Gasteiger partial charge on any atom is 0.350 e. The molecule has 30 heavy (non-hydrogen) atoms. The summed E-state index contributed by atoms with van der Waals surface area (Å²) in [7, 11) is 4.74. The van der Waals surface area contributed by atoms with Crippen molar-refractivity contribution in [2.24, 2.45) is 0 Å². The summed E-state index contributed by atoms with van der Waals surface area (Å²) in [6.45, 7) is 2.10. The molecule has 8 heteroatoms. The predicted octanol–water partition coefficient (Wildman–Crippen LogP) is 4.34. The fourth-order valence-electron chi connectivity index (χ4n) is 3.58. The number of hydrogen-bond acceptors (Lipinski definition) is 7. The Bertz CT molecular complexity index is 1230. The van der Waals surface area contributed by atoms with Gasteiger partial charge in [-0.25, -0.2) is 9.78 Å². The van der Waals surface area contributed by atoms with Crippen LogP contribution in [0.1, 0.15) is 27.9 Å². The van der Waals surface area contributed by atoms with Crippen molar-refractivity contribution in [1.29, 1.82) is 0 Å². The molecule has 7 nitrogen and oxygen atoms in total. The van der Waals surface area contributed by atoms with Crippen molar-refractivity contribution in [3.8, 4) is 17.2 Å². The molecule has 0 fully saturated rings. The van der Waals surface area contributed by atoms with E-state index in [4.69, 9.17) is 18.9 Å². The molecule has 4 aromatic rings. The SMILES string of the molecule is CCOC(=O)c1sc2nc3ccccc3n2c1Cc1ccc(OC)c(OC)c1OC. The summed E-state index contributed by atoms with van der Waals surface area (Å²) in [6, 6.07) is 11.6. The van der Waals surface area contributed by atoms with Crippen LogP contribution in [0.3, 0.4) is 0 Å². The zero-order valence-corrected chi connectivity index (χ0v) is 18.0. The summed E-state index contributed by atoms with van der Waals surface area (Å²) < 4.78 is 23.9. The van der Waals surface area contributed by atoms with Crippen LogP contribution in [0, 0.1) is 0 Å². The number of methoxy groups -OCH3 is 3. The molecule has 0 radical (unpaired) electrons. The fraction of sp³-hybridized carbons (Fsp3) is 0.273. The van der Waals surface area contributed by atoms with E-state index < -0.39 is 0 Å². The summed E-state index contributed by atoms with van der Waals surface area (Å²) >= 11 is 1.33. The molecule has 0 N–H and O–H groups in total. The van der Waals surface area contributed by atoms with Crippen LogP contribution in [0.2, 0.25) is 0 Å². The molecule has 0 saturated carbocycles. The highest BCUT2D eigenvalue weighted by Gasteiger charge is 2.25. The number of nitrogens with zero attached hydrogens (tertiary/aromatic N) is 2. The van der Waals surface area contributed by atoms with Gasteiger partial charge in [0.25, 0.3) is 0 Å². The Kier molecular flexibility index (Phi) is 5.50. The number of aromatic nitrogens is 2. The van der Waals surface area contributed by atoms with E-state index in [0.29, 0.717) is 35.2 Å². The number of para-hydroxylation sites is 2. The van der Waals surface area contributed by atoms with Crippen molar-refractivity contribution in [2.45, 2.75) is 13.3 Å². The number of thiazole rings is 1. The smallest absolute Gasteiger partial charge is 0.350 e. The second-order valence-electron chi connectivity index (χ2n) is 6.49. The van der Waals surface area contributed by atoms with Crippen LogP contribution >= 0.6 is 11.3 Å². The maximum atomic E-state index is 12.7. The second-order valence-corrected chi connectivity index (χ2v) is 7.46. The van der Waals surface area contributed by atoms with Gasteiger partial charge in [0.1, 0.15) is 4.88 Å². The Morgan fingerprint density at radius 1 is 1.03 bits per heavy atom. The van der Waals surface area contributed by atoms with Crippen molar-refractivity contribution >= 4 is 33.3 Å². The quantitative estimate of drug-likeness (QED) is 0.410. The molecule has 0 saturated heterocycles. The molecule has 156 valence electrons. The van der Waals surface area contributed by atoms with Gasteiger partial charge >= 0.3 is 5.97 Å². The Balaban J connectivity index is 1.93. The third kappa shape index (κ3) is 3.23. The number of benzene rings is 2. The number of fused-ring (bicyclic) bond motifs is 3. The van der Waals surface area contributed by atoms with Crippen molar-refractivity contribution in [3.05, 3.63) is 52.5 Å². The number of rotatable bonds is 7. The first-order chi connectivity index (χ1) is 14.6. The first-order valence-electron chi connectivity index (χ1n) is 9.46. The average molecular weight is 426 g/mol. The standard InChI is InChI=1S/C22H22N2O5S/c1-5-29-21(25)20-16(24-15-9-7-6-8-14(15)23-22(24)30-20)12-13-10-11-17(26-2)19(28-4)18(13)27-3/h6-11H,5,12H2,1-4H3. The lowest BCUT2D eigenvalue weighted by Gasteiger charge is -2.16. The molecular weight excluding hydrogens is 404 g/mol. The van der Waals surface area contributed by atoms with Crippen LogP contribution in [0.4, 0.5) is 0 Å². The van der Waals surface area contributed by atoms with Gasteiger partial charge in [0.15, 0.2) is 16.5 Å². The third-order valence-electron chi connectivity index (χ3n) is 4.86. The van der Waals surface area contributed by atoms with Crippen LogP contribution in [0.5, 0.6) is 17.2 Å². The Morgan fingerprint density at radius 2 is 1.80 bits per heavy atom. The van der Waals surface area contributed by atoms with E-state index in [1.807, 2.05) is 40.8 Å². The molecule has 2 aromatic heterocycles. The first kappa shape index (κ1) is 20.0. The van der Waals surface area contributed by atoms with Gasteiger partial charge in [0, 0.05) is 12.0 Å². The monoisotopic (exact) mass is 426 g/mol. The van der Waals surface area contributed by atoms with Gasteiger partial charge < -0.3 is 18.9 Å². The van der Waals surface area contributed by atoms with Crippen molar-refractivity contribution < 1.29 is 23.7 Å². The molecule has 0 aliphatic rings. The van der Waals surface area contributed by atoms with E-state index in [1.54, 1.807) is 28.3 Å². The Hall–Kier alpha value is -3.26. The average Bonchev–Trinajstić information content (AvgIpc) is 3.30.